The molecule has 0 radical (unpaired) electrons. The first kappa shape index (κ1) is 16.0. The molecule has 1 rings (SSSR count). The number of rotatable bonds is 6. The van der Waals surface area contributed by atoms with Crippen molar-refractivity contribution in [2.75, 3.05) is 19.6 Å². The normalized spacial score (nSPS) is 17.4. The molecule has 0 saturated carbocycles. The average Bonchev–Trinajstić information content (AvgIpc) is 2.88. The second kappa shape index (κ2) is 6.89. The number of hydrogen-bond acceptors (Lipinski definition) is 3. The molecule has 0 aromatic rings. The van der Waals surface area contributed by atoms with E-state index < -0.39 is 0 Å². The summed E-state index contributed by atoms with van der Waals surface area (Å²) in [6.45, 7) is 9.71. The molecule has 1 atom stereocenters. The van der Waals surface area contributed by atoms with Crippen LogP contribution >= 0.6 is 0 Å². The average molecular weight is 269 g/mol. The van der Waals surface area contributed by atoms with Gasteiger partial charge in [0.15, 0.2) is 0 Å². The summed E-state index contributed by atoms with van der Waals surface area (Å²) in [7, 11) is 0. The molecule has 1 fully saturated rings. The van der Waals surface area contributed by atoms with Crippen molar-refractivity contribution in [1.29, 1.82) is 0 Å². The summed E-state index contributed by atoms with van der Waals surface area (Å²) < 4.78 is 0. The van der Waals surface area contributed by atoms with E-state index in [1.54, 1.807) is 0 Å². The molecule has 19 heavy (non-hydrogen) atoms. The van der Waals surface area contributed by atoms with E-state index in [1.165, 1.54) is 0 Å². The van der Waals surface area contributed by atoms with Gasteiger partial charge in [-0.15, -0.1) is 0 Å². The van der Waals surface area contributed by atoms with Crippen molar-refractivity contribution >= 4 is 11.8 Å². The number of amides is 2. The number of nitrogens with one attached hydrogen (secondary N) is 2. The molecule has 0 aromatic carbocycles. The Labute approximate surface area is 116 Å². The van der Waals surface area contributed by atoms with Crippen molar-refractivity contribution in [2.24, 2.45) is 0 Å². The molecular formula is C14H27N3O2. The van der Waals surface area contributed by atoms with Gasteiger partial charge in [-0.25, -0.2) is 0 Å². The van der Waals surface area contributed by atoms with Crippen molar-refractivity contribution in [2.45, 2.75) is 58.5 Å². The van der Waals surface area contributed by atoms with E-state index in [0.717, 1.165) is 32.4 Å². The van der Waals surface area contributed by atoms with Crippen LogP contribution in [0, 0.1) is 0 Å². The number of nitrogens with zero attached hydrogens (tertiary/aromatic N) is 1. The van der Waals surface area contributed by atoms with Gasteiger partial charge >= 0.3 is 0 Å². The molecule has 1 heterocycles. The molecule has 1 saturated heterocycles. The Kier molecular flexibility index (Phi) is 5.79. The highest BCUT2D eigenvalue weighted by atomic mass is 16.2. The van der Waals surface area contributed by atoms with Crippen molar-refractivity contribution in [1.82, 2.24) is 15.5 Å². The van der Waals surface area contributed by atoms with Gasteiger partial charge in [0.2, 0.25) is 11.8 Å². The minimum absolute atomic E-state index is 0.0621. The number of likely N-dealkylation sites (tertiary alicyclic amines) is 1. The van der Waals surface area contributed by atoms with E-state index in [4.69, 9.17) is 0 Å². The standard InChI is InChI=1S/C14H27N3O2/c1-5-14(3,4)16-12(18)10-15-11(2)13(19)17-8-6-7-9-17/h11,15H,5-10H2,1-4H3,(H,16,18). The number of carbonyl (C=O) groups is 2. The van der Waals surface area contributed by atoms with Gasteiger partial charge in [-0.3, -0.25) is 14.9 Å². The topological polar surface area (TPSA) is 61.4 Å². The first-order valence-corrected chi connectivity index (χ1v) is 7.19. The highest BCUT2D eigenvalue weighted by Gasteiger charge is 2.24. The fraction of sp³-hybridized carbons (Fsp3) is 0.857. The van der Waals surface area contributed by atoms with Crippen LogP contribution in [-0.4, -0.2) is 47.9 Å². The van der Waals surface area contributed by atoms with Gasteiger partial charge in [-0.2, -0.15) is 0 Å². The fourth-order valence-electron chi connectivity index (χ4n) is 2.05. The SMILES string of the molecule is CCC(C)(C)NC(=O)CNC(C)C(=O)N1CCCC1. The summed E-state index contributed by atoms with van der Waals surface area (Å²) in [5.41, 5.74) is -0.193. The summed E-state index contributed by atoms with van der Waals surface area (Å²) in [6, 6.07) is -0.298. The summed E-state index contributed by atoms with van der Waals surface area (Å²) >= 11 is 0. The number of hydrogen-bond donors (Lipinski definition) is 2. The van der Waals surface area contributed by atoms with Crippen molar-refractivity contribution in [3.8, 4) is 0 Å². The minimum atomic E-state index is -0.298. The molecular weight excluding hydrogens is 242 g/mol. The van der Waals surface area contributed by atoms with Crippen LogP contribution in [0.4, 0.5) is 0 Å². The van der Waals surface area contributed by atoms with Crippen LogP contribution < -0.4 is 10.6 Å². The van der Waals surface area contributed by atoms with Crippen LogP contribution in [0.5, 0.6) is 0 Å². The fourth-order valence-corrected chi connectivity index (χ4v) is 2.05. The first-order chi connectivity index (χ1) is 8.85. The van der Waals surface area contributed by atoms with Gasteiger partial charge in [0.05, 0.1) is 12.6 Å². The zero-order valence-electron chi connectivity index (χ0n) is 12.6. The smallest absolute Gasteiger partial charge is 0.239 e. The molecule has 0 bridgehead atoms. The van der Waals surface area contributed by atoms with Gasteiger partial charge in [0.1, 0.15) is 0 Å². The second-order valence-corrected chi connectivity index (χ2v) is 5.92. The maximum absolute atomic E-state index is 12.0. The van der Waals surface area contributed by atoms with Gasteiger partial charge < -0.3 is 10.2 Å². The maximum atomic E-state index is 12.0. The van der Waals surface area contributed by atoms with Crippen molar-refractivity contribution in [3.05, 3.63) is 0 Å². The van der Waals surface area contributed by atoms with E-state index in [-0.39, 0.29) is 29.9 Å². The Balaban J connectivity index is 2.31. The third kappa shape index (κ3) is 5.19. The molecule has 0 aromatic heterocycles. The summed E-state index contributed by atoms with van der Waals surface area (Å²) in [6.07, 6.45) is 3.05. The second-order valence-electron chi connectivity index (χ2n) is 5.92. The van der Waals surface area contributed by atoms with E-state index in [0.29, 0.717) is 0 Å². The molecule has 110 valence electrons. The van der Waals surface area contributed by atoms with Crippen LogP contribution in [0.1, 0.15) is 47.0 Å². The lowest BCUT2D eigenvalue weighted by molar-refractivity contribution is -0.132. The Bertz CT molecular complexity index is 323. The Morgan fingerprint density at radius 3 is 2.37 bits per heavy atom. The molecule has 5 heteroatoms. The Morgan fingerprint density at radius 2 is 1.84 bits per heavy atom. The molecule has 2 amide bonds. The molecule has 0 spiro atoms. The van der Waals surface area contributed by atoms with Crippen molar-refractivity contribution in [3.63, 3.8) is 0 Å². The molecule has 5 nitrogen and oxygen atoms in total. The van der Waals surface area contributed by atoms with E-state index in [2.05, 4.69) is 10.6 Å². The molecule has 2 N–H and O–H groups in total. The van der Waals surface area contributed by atoms with Crippen LogP contribution in [0.15, 0.2) is 0 Å². The lowest BCUT2D eigenvalue weighted by Crippen LogP contribution is -2.50. The van der Waals surface area contributed by atoms with Crippen molar-refractivity contribution < 1.29 is 9.59 Å². The van der Waals surface area contributed by atoms with Crippen LogP contribution in [0.2, 0.25) is 0 Å². The largest absolute Gasteiger partial charge is 0.350 e. The summed E-state index contributed by atoms with van der Waals surface area (Å²) in [4.78, 5) is 25.7. The van der Waals surface area contributed by atoms with Gasteiger partial charge in [0, 0.05) is 18.6 Å². The lowest BCUT2D eigenvalue weighted by Gasteiger charge is -2.25. The van der Waals surface area contributed by atoms with Crippen LogP contribution in [-0.2, 0) is 9.59 Å². The quantitative estimate of drug-likeness (QED) is 0.753. The zero-order chi connectivity index (χ0) is 14.5. The third-order valence-corrected chi connectivity index (χ3v) is 3.72. The summed E-state index contributed by atoms with van der Waals surface area (Å²) in [5.74, 6) is 0.0352. The van der Waals surface area contributed by atoms with E-state index in [1.807, 2.05) is 32.6 Å². The summed E-state index contributed by atoms with van der Waals surface area (Å²) in [5, 5.41) is 5.95. The Morgan fingerprint density at radius 1 is 1.26 bits per heavy atom. The minimum Gasteiger partial charge on any atom is -0.350 e. The molecule has 1 unspecified atom stereocenters. The van der Waals surface area contributed by atoms with Crippen LogP contribution in [0.25, 0.3) is 0 Å². The van der Waals surface area contributed by atoms with Crippen LogP contribution in [0.3, 0.4) is 0 Å². The molecule has 0 aliphatic carbocycles. The predicted octanol–water partition coefficient (Wildman–Crippen LogP) is 0.892. The van der Waals surface area contributed by atoms with E-state index in [9.17, 15) is 9.59 Å². The lowest BCUT2D eigenvalue weighted by atomic mass is 10.0. The monoisotopic (exact) mass is 269 g/mol. The van der Waals surface area contributed by atoms with E-state index >= 15 is 0 Å². The maximum Gasteiger partial charge on any atom is 0.239 e. The Hall–Kier alpha value is -1.10. The van der Waals surface area contributed by atoms with Gasteiger partial charge in [0.25, 0.3) is 0 Å². The third-order valence-electron chi connectivity index (χ3n) is 3.72. The highest BCUT2D eigenvalue weighted by molar-refractivity contribution is 5.83. The molecule has 1 aliphatic heterocycles. The number of carbonyl (C=O) groups excluding carboxylic acids is 2. The van der Waals surface area contributed by atoms with Gasteiger partial charge in [-0.05, 0) is 40.0 Å². The first-order valence-electron chi connectivity index (χ1n) is 7.19. The highest BCUT2D eigenvalue weighted by Crippen LogP contribution is 2.09. The molecule has 1 aliphatic rings. The zero-order valence-corrected chi connectivity index (χ0v) is 12.6. The van der Waals surface area contributed by atoms with Gasteiger partial charge in [-0.1, -0.05) is 6.92 Å². The predicted molar refractivity (Wildman–Crippen MR) is 75.8 cm³/mol.